The molecule has 0 aliphatic carbocycles. The Morgan fingerprint density at radius 3 is 2.81 bits per heavy atom. The van der Waals surface area contributed by atoms with E-state index in [1.54, 1.807) is 0 Å². The maximum Gasteiger partial charge on any atom is 0.441 e. The normalized spacial score (nSPS) is 11.5. The summed E-state index contributed by atoms with van der Waals surface area (Å²) in [6.45, 7) is 0.0850. The minimum Gasteiger partial charge on any atom is -0.394 e. The summed E-state index contributed by atoms with van der Waals surface area (Å²) in [5.74, 6) is 0.104. The number of nitrogens with two attached hydrogens (primary N) is 1. The minimum atomic E-state index is -4.23. The molecule has 3 N–H and O–H groups in total. The second-order valence-corrected chi connectivity index (χ2v) is 4.16. The van der Waals surface area contributed by atoms with Gasteiger partial charge in [0.15, 0.2) is 5.82 Å². The maximum atomic E-state index is 11.8. The fourth-order valence-electron chi connectivity index (χ4n) is 0.847. The Bertz CT molecular complexity index is 360. The lowest BCUT2D eigenvalue weighted by atomic mass is 10.5. The van der Waals surface area contributed by atoms with Gasteiger partial charge in [-0.1, -0.05) is 0 Å². The number of aromatic nitrogens is 2. The molecule has 0 aliphatic heterocycles. The molecule has 0 spiro atoms. The molecule has 0 aliphatic rings. The standard InChI is InChI=1S/C7H8ClF3N4S/c8-6-14-3-4(12)5(15-6)13-1-2-16-7(9,10)11/h3H,1-2,12H2,(H,13,14,15). The van der Waals surface area contributed by atoms with Gasteiger partial charge in [-0.2, -0.15) is 18.2 Å². The average Bonchev–Trinajstić information content (AvgIpc) is 2.16. The number of nitrogen functional groups attached to an aromatic ring is 1. The van der Waals surface area contributed by atoms with E-state index in [9.17, 15) is 13.2 Å². The molecule has 1 aromatic rings. The number of rotatable bonds is 4. The second-order valence-electron chi connectivity index (χ2n) is 2.66. The summed E-state index contributed by atoms with van der Waals surface area (Å²) >= 11 is 5.38. The molecule has 0 radical (unpaired) electrons. The number of hydrogen-bond donors (Lipinski definition) is 2. The zero-order chi connectivity index (χ0) is 12.2. The van der Waals surface area contributed by atoms with Gasteiger partial charge in [0.05, 0.1) is 11.9 Å². The Balaban J connectivity index is 2.40. The van der Waals surface area contributed by atoms with Crippen LogP contribution in [0, 0.1) is 0 Å². The van der Waals surface area contributed by atoms with Crippen LogP contribution in [0.15, 0.2) is 6.20 Å². The van der Waals surface area contributed by atoms with Crippen LogP contribution >= 0.6 is 23.4 Å². The third-order valence-corrected chi connectivity index (χ3v) is 2.37. The Morgan fingerprint density at radius 2 is 2.19 bits per heavy atom. The molecule has 1 aromatic heterocycles. The Morgan fingerprint density at radius 1 is 1.50 bits per heavy atom. The Kier molecular flexibility index (Phi) is 4.48. The minimum absolute atomic E-state index is 0.0137. The number of nitrogens with zero attached hydrogens (tertiary/aromatic N) is 2. The average molecular weight is 273 g/mol. The van der Waals surface area contributed by atoms with E-state index in [0.717, 1.165) is 0 Å². The summed E-state index contributed by atoms with van der Waals surface area (Å²) in [5, 5.41) is 2.63. The van der Waals surface area contributed by atoms with Gasteiger partial charge < -0.3 is 11.1 Å². The molecule has 0 bridgehead atoms. The first-order valence-electron chi connectivity index (χ1n) is 4.11. The monoisotopic (exact) mass is 272 g/mol. The zero-order valence-electron chi connectivity index (χ0n) is 7.88. The van der Waals surface area contributed by atoms with E-state index in [0.29, 0.717) is 0 Å². The molecule has 1 rings (SSSR count). The summed E-state index contributed by atoms with van der Waals surface area (Å²) in [6.07, 6.45) is 1.29. The number of alkyl halides is 3. The van der Waals surface area contributed by atoms with E-state index >= 15 is 0 Å². The van der Waals surface area contributed by atoms with Crippen molar-refractivity contribution in [3.63, 3.8) is 0 Å². The van der Waals surface area contributed by atoms with Crippen LogP contribution in [0.25, 0.3) is 0 Å². The Labute approximate surface area is 98.8 Å². The van der Waals surface area contributed by atoms with Crippen molar-refractivity contribution in [2.45, 2.75) is 5.51 Å². The van der Waals surface area contributed by atoms with Crippen LogP contribution in [0.5, 0.6) is 0 Å². The number of halogens is 4. The molecule has 0 saturated heterocycles. The van der Waals surface area contributed by atoms with Crippen molar-refractivity contribution in [1.29, 1.82) is 0 Å². The van der Waals surface area contributed by atoms with Crippen LogP contribution in [-0.2, 0) is 0 Å². The van der Waals surface area contributed by atoms with Crippen LogP contribution in [0.3, 0.4) is 0 Å². The van der Waals surface area contributed by atoms with Gasteiger partial charge in [0.2, 0.25) is 5.28 Å². The van der Waals surface area contributed by atoms with Crippen LogP contribution < -0.4 is 11.1 Å². The van der Waals surface area contributed by atoms with Crippen LogP contribution in [0.2, 0.25) is 5.28 Å². The van der Waals surface area contributed by atoms with Crippen molar-refractivity contribution in [3.8, 4) is 0 Å². The second kappa shape index (κ2) is 5.44. The lowest BCUT2D eigenvalue weighted by Gasteiger charge is -2.08. The van der Waals surface area contributed by atoms with Crippen molar-refractivity contribution >= 4 is 34.9 Å². The van der Waals surface area contributed by atoms with Gasteiger partial charge in [0.25, 0.3) is 0 Å². The highest BCUT2D eigenvalue weighted by molar-refractivity contribution is 8.00. The summed E-state index contributed by atoms with van der Waals surface area (Å²) in [7, 11) is 0. The van der Waals surface area contributed by atoms with Gasteiger partial charge in [-0.3, -0.25) is 0 Å². The molecule has 4 nitrogen and oxygen atoms in total. The van der Waals surface area contributed by atoms with Crippen molar-refractivity contribution in [2.75, 3.05) is 23.3 Å². The van der Waals surface area contributed by atoms with E-state index in [1.165, 1.54) is 6.20 Å². The largest absolute Gasteiger partial charge is 0.441 e. The van der Waals surface area contributed by atoms with Gasteiger partial charge in [0.1, 0.15) is 0 Å². The lowest BCUT2D eigenvalue weighted by Crippen LogP contribution is -2.11. The van der Waals surface area contributed by atoms with Gasteiger partial charge in [-0.05, 0) is 23.4 Å². The molecule has 0 aromatic carbocycles. The van der Waals surface area contributed by atoms with Crippen LogP contribution in [0.4, 0.5) is 24.7 Å². The van der Waals surface area contributed by atoms with E-state index in [4.69, 9.17) is 17.3 Å². The predicted octanol–water partition coefficient (Wildman–Crippen LogP) is 2.38. The van der Waals surface area contributed by atoms with E-state index < -0.39 is 5.51 Å². The van der Waals surface area contributed by atoms with Gasteiger partial charge in [-0.25, -0.2) is 4.98 Å². The summed E-state index contributed by atoms with van der Waals surface area (Å²) in [5.41, 5.74) is 1.49. The van der Waals surface area contributed by atoms with Crippen molar-refractivity contribution < 1.29 is 13.2 Å². The first-order valence-corrected chi connectivity index (χ1v) is 5.47. The molecule has 9 heteroatoms. The first-order chi connectivity index (χ1) is 7.38. The summed E-state index contributed by atoms with van der Waals surface area (Å²) in [4.78, 5) is 7.35. The third-order valence-electron chi connectivity index (χ3n) is 1.45. The van der Waals surface area contributed by atoms with E-state index in [2.05, 4.69) is 15.3 Å². The zero-order valence-corrected chi connectivity index (χ0v) is 9.46. The Hall–Kier alpha value is -0.890. The van der Waals surface area contributed by atoms with Crippen molar-refractivity contribution in [2.24, 2.45) is 0 Å². The SMILES string of the molecule is Nc1cnc(Cl)nc1NCCSC(F)(F)F. The number of hydrogen-bond acceptors (Lipinski definition) is 5. The number of anilines is 2. The fraction of sp³-hybridized carbons (Fsp3) is 0.429. The number of thioether (sulfide) groups is 1. The molecule has 16 heavy (non-hydrogen) atoms. The maximum absolute atomic E-state index is 11.8. The van der Waals surface area contributed by atoms with Crippen LogP contribution in [0.1, 0.15) is 0 Å². The third kappa shape index (κ3) is 4.75. The molecule has 0 saturated carbocycles. The molecule has 0 atom stereocenters. The molecule has 0 fully saturated rings. The van der Waals surface area contributed by atoms with Crippen molar-refractivity contribution in [1.82, 2.24) is 9.97 Å². The molecule has 0 amide bonds. The molecule has 1 heterocycles. The van der Waals surface area contributed by atoms with E-state index in [-0.39, 0.29) is 40.8 Å². The molecule has 90 valence electrons. The summed E-state index contributed by atoms with van der Waals surface area (Å²) in [6, 6.07) is 0. The highest BCUT2D eigenvalue weighted by Crippen LogP contribution is 2.29. The van der Waals surface area contributed by atoms with Gasteiger partial charge in [0, 0.05) is 12.3 Å². The predicted molar refractivity (Wildman–Crippen MR) is 58.5 cm³/mol. The summed E-state index contributed by atoms with van der Waals surface area (Å²) < 4.78 is 35.4. The van der Waals surface area contributed by atoms with Crippen molar-refractivity contribution in [3.05, 3.63) is 11.5 Å². The fourth-order valence-corrected chi connectivity index (χ4v) is 1.42. The highest BCUT2D eigenvalue weighted by atomic mass is 35.5. The number of nitrogens with one attached hydrogen (secondary N) is 1. The van der Waals surface area contributed by atoms with Gasteiger partial charge in [-0.15, -0.1) is 0 Å². The van der Waals surface area contributed by atoms with Crippen LogP contribution in [-0.4, -0.2) is 27.8 Å². The molecular formula is C7H8ClF3N4S. The van der Waals surface area contributed by atoms with E-state index in [1.807, 2.05) is 0 Å². The smallest absolute Gasteiger partial charge is 0.394 e. The topological polar surface area (TPSA) is 63.8 Å². The lowest BCUT2D eigenvalue weighted by molar-refractivity contribution is -0.0327. The quantitative estimate of drug-likeness (QED) is 0.651. The highest BCUT2D eigenvalue weighted by Gasteiger charge is 2.27. The molecule has 0 unspecified atom stereocenters. The first kappa shape index (κ1) is 13.2. The molecular weight excluding hydrogens is 265 g/mol. The van der Waals surface area contributed by atoms with Gasteiger partial charge >= 0.3 is 5.51 Å².